The van der Waals surface area contributed by atoms with E-state index in [1.54, 1.807) is 6.07 Å². The van der Waals surface area contributed by atoms with Gasteiger partial charge < -0.3 is 5.32 Å². The summed E-state index contributed by atoms with van der Waals surface area (Å²) in [6.07, 6.45) is 5.97. The highest BCUT2D eigenvalue weighted by Gasteiger charge is 2.53. The maximum absolute atomic E-state index is 12.3. The van der Waals surface area contributed by atoms with Gasteiger partial charge in [0.15, 0.2) is 9.84 Å². The van der Waals surface area contributed by atoms with Crippen LogP contribution in [0.15, 0.2) is 29.2 Å². The minimum absolute atomic E-state index is 0.222. The molecule has 0 bridgehead atoms. The van der Waals surface area contributed by atoms with Crippen LogP contribution in [0.1, 0.15) is 39.0 Å². The monoisotopic (exact) mass is 293 g/mol. The second-order valence-electron chi connectivity index (χ2n) is 6.31. The molecule has 0 unspecified atom stereocenters. The van der Waals surface area contributed by atoms with E-state index in [0.717, 1.165) is 18.2 Å². The first-order valence-corrected chi connectivity index (χ1v) is 9.28. The van der Waals surface area contributed by atoms with Crippen LogP contribution < -0.4 is 5.32 Å². The van der Waals surface area contributed by atoms with Crippen LogP contribution in [0.25, 0.3) is 0 Å². The molecule has 0 spiro atoms. The third kappa shape index (κ3) is 2.71. The van der Waals surface area contributed by atoms with Gasteiger partial charge >= 0.3 is 0 Å². The highest BCUT2D eigenvalue weighted by atomic mass is 32.2. The van der Waals surface area contributed by atoms with Crippen LogP contribution in [-0.2, 0) is 9.84 Å². The zero-order chi connectivity index (χ0) is 14.2. The molecule has 110 valence electrons. The number of hydrogen-bond acceptors (Lipinski definition) is 3. The second kappa shape index (κ2) is 5.06. The zero-order valence-electron chi connectivity index (χ0n) is 12.1. The fourth-order valence-corrected chi connectivity index (χ4v) is 4.64. The number of rotatable bonds is 7. The van der Waals surface area contributed by atoms with Gasteiger partial charge in [-0.05, 0) is 55.6 Å². The molecule has 1 aromatic carbocycles. The number of hydrogen-bond donors (Lipinski definition) is 1. The van der Waals surface area contributed by atoms with E-state index in [-0.39, 0.29) is 5.75 Å². The summed E-state index contributed by atoms with van der Waals surface area (Å²) in [5, 5.41) is 3.42. The van der Waals surface area contributed by atoms with Crippen LogP contribution in [0.5, 0.6) is 0 Å². The maximum Gasteiger partial charge on any atom is 0.180 e. The Kier molecular flexibility index (Phi) is 3.53. The van der Waals surface area contributed by atoms with E-state index in [1.165, 1.54) is 25.7 Å². The fraction of sp³-hybridized carbons (Fsp3) is 0.625. The molecule has 0 amide bonds. The normalized spacial score (nSPS) is 20.6. The maximum atomic E-state index is 12.3. The molecule has 2 aliphatic rings. The molecule has 0 saturated heterocycles. The van der Waals surface area contributed by atoms with E-state index in [4.69, 9.17) is 0 Å². The van der Waals surface area contributed by atoms with Crippen molar-refractivity contribution >= 4 is 15.5 Å². The molecule has 0 aromatic heterocycles. The summed E-state index contributed by atoms with van der Waals surface area (Å²) in [6, 6.07) is 7.33. The standard InChI is InChI=1S/C16H23NO2S/c1-2-11-20(18,19)15-6-4-3-5-14(15)17-12-16(9-10-16)13-7-8-13/h3-6,13,17H,2,7-12H2,1H3. The lowest BCUT2D eigenvalue weighted by molar-refractivity contribution is 0.466. The number of nitrogens with one attached hydrogen (secondary N) is 1. The quantitative estimate of drug-likeness (QED) is 0.837. The van der Waals surface area contributed by atoms with E-state index in [2.05, 4.69) is 5.32 Å². The van der Waals surface area contributed by atoms with E-state index in [0.29, 0.717) is 16.7 Å². The number of sulfone groups is 1. The molecular weight excluding hydrogens is 270 g/mol. The second-order valence-corrected chi connectivity index (χ2v) is 8.38. The molecule has 0 aliphatic heterocycles. The van der Waals surface area contributed by atoms with Gasteiger partial charge in [-0.25, -0.2) is 8.42 Å². The van der Waals surface area contributed by atoms with Crippen LogP contribution in [0, 0.1) is 11.3 Å². The highest BCUT2D eigenvalue weighted by molar-refractivity contribution is 7.91. The fourth-order valence-electron chi connectivity index (χ4n) is 3.12. The molecular formula is C16H23NO2S. The molecule has 4 heteroatoms. The predicted molar refractivity (Wildman–Crippen MR) is 81.7 cm³/mol. The molecule has 1 N–H and O–H groups in total. The largest absolute Gasteiger partial charge is 0.383 e. The Morgan fingerprint density at radius 1 is 1.25 bits per heavy atom. The van der Waals surface area contributed by atoms with Gasteiger partial charge in [-0.1, -0.05) is 19.1 Å². The van der Waals surface area contributed by atoms with Crippen LogP contribution in [0.4, 0.5) is 5.69 Å². The molecule has 0 atom stereocenters. The van der Waals surface area contributed by atoms with Crippen molar-refractivity contribution < 1.29 is 8.42 Å². The lowest BCUT2D eigenvalue weighted by Crippen LogP contribution is -2.19. The smallest absolute Gasteiger partial charge is 0.180 e. The van der Waals surface area contributed by atoms with Crippen molar-refractivity contribution in [2.75, 3.05) is 17.6 Å². The molecule has 3 rings (SSSR count). The molecule has 0 radical (unpaired) electrons. The van der Waals surface area contributed by atoms with Gasteiger partial charge in [-0.2, -0.15) is 0 Å². The highest BCUT2D eigenvalue weighted by Crippen LogP contribution is 2.61. The van der Waals surface area contributed by atoms with Crippen molar-refractivity contribution in [2.24, 2.45) is 11.3 Å². The molecule has 20 heavy (non-hydrogen) atoms. The third-order valence-corrected chi connectivity index (χ3v) is 6.63. The number of anilines is 1. The van der Waals surface area contributed by atoms with Crippen molar-refractivity contribution in [3.63, 3.8) is 0 Å². The lowest BCUT2D eigenvalue weighted by atomic mass is 10.0. The zero-order valence-corrected chi connectivity index (χ0v) is 12.9. The Morgan fingerprint density at radius 3 is 2.55 bits per heavy atom. The Balaban J connectivity index is 1.76. The first-order valence-electron chi connectivity index (χ1n) is 7.63. The van der Waals surface area contributed by atoms with E-state index in [1.807, 2.05) is 25.1 Å². The average molecular weight is 293 g/mol. The lowest BCUT2D eigenvalue weighted by Gasteiger charge is -2.18. The van der Waals surface area contributed by atoms with Crippen molar-refractivity contribution in [1.82, 2.24) is 0 Å². The van der Waals surface area contributed by atoms with Gasteiger partial charge in [0.05, 0.1) is 16.3 Å². The summed E-state index contributed by atoms with van der Waals surface area (Å²) >= 11 is 0. The van der Waals surface area contributed by atoms with Crippen molar-refractivity contribution in [3.8, 4) is 0 Å². The van der Waals surface area contributed by atoms with Crippen LogP contribution in [0.3, 0.4) is 0 Å². The van der Waals surface area contributed by atoms with Gasteiger partial charge in [0.2, 0.25) is 0 Å². The van der Waals surface area contributed by atoms with Gasteiger partial charge in [-0.3, -0.25) is 0 Å². The summed E-state index contributed by atoms with van der Waals surface area (Å²) in [6.45, 7) is 2.83. The SMILES string of the molecule is CCCS(=O)(=O)c1ccccc1NCC1(C2CC2)CC1. The summed E-state index contributed by atoms with van der Waals surface area (Å²) < 4.78 is 24.6. The topological polar surface area (TPSA) is 46.2 Å². The summed E-state index contributed by atoms with van der Waals surface area (Å²) in [7, 11) is -3.16. The van der Waals surface area contributed by atoms with Crippen molar-refractivity contribution in [2.45, 2.75) is 43.9 Å². The van der Waals surface area contributed by atoms with Gasteiger partial charge in [0.1, 0.15) is 0 Å². The van der Waals surface area contributed by atoms with Gasteiger partial charge in [0.25, 0.3) is 0 Å². The molecule has 2 aliphatic carbocycles. The first-order chi connectivity index (χ1) is 9.57. The average Bonchev–Trinajstić information content (AvgIpc) is 3.27. The van der Waals surface area contributed by atoms with E-state index in [9.17, 15) is 8.42 Å². The van der Waals surface area contributed by atoms with Crippen molar-refractivity contribution in [1.29, 1.82) is 0 Å². The summed E-state index contributed by atoms with van der Waals surface area (Å²) in [5.41, 5.74) is 1.26. The van der Waals surface area contributed by atoms with E-state index < -0.39 is 9.84 Å². The molecule has 2 fully saturated rings. The predicted octanol–water partition coefficient (Wildman–Crippen LogP) is 3.47. The Morgan fingerprint density at radius 2 is 1.95 bits per heavy atom. The van der Waals surface area contributed by atoms with Gasteiger partial charge in [0, 0.05) is 6.54 Å². The number of para-hydroxylation sites is 1. The van der Waals surface area contributed by atoms with Crippen LogP contribution >= 0.6 is 0 Å². The third-order valence-electron chi connectivity index (χ3n) is 4.66. The Bertz CT molecular complexity index is 586. The number of benzene rings is 1. The van der Waals surface area contributed by atoms with Crippen molar-refractivity contribution in [3.05, 3.63) is 24.3 Å². The summed E-state index contributed by atoms with van der Waals surface area (Å²) in [4.78, 5) is 0.466. The van der Waals surface area contributed by atoms with Crippen LogP contribution in [0.2, 0.25) is 0 Å². The van der Waals surface area contributed by atoms with Gasteiger partial charge in [-0.15, -0.1) is 0 Å². The summed E-state index contributed by atoms with van der Waals surface area (Å²) in [5.74, 6) is 1.11. The molecule has 3 nitrogen and oxygen atoms in total. The molecule has 1 aromatic rings. The van der Waals surface area contributed by atoms with E-state index >= 15 is 0 Å². The first kappa shape index (κ1) is 13.9. The molecule has 2 saturated carbocycles. The Labute approximate surface area is 121 Å². The minimum Gasteiger partial charge on any atom is -0.383 e. The Hall–Kier alpha value is -1.03. The van der Waals surface area contributed by atoms with Crippen LogP contribution in [-0.4, -0.2) is 20.7 Å². The molecule has 0 heterocycles. The minimum atomic E-state index is -3.16.